The lowest BCUT2D eigenvalue weighted by atomic mass is 10.2. The Bertz CT molecular complexity index is 418. The van der Waals surface area contributed by atoms with E-state index in [2.05, 4.69) is 10.6 Å². The maximum absolute atomic E-state index is 11.4. The van der Waals surface area contributed by atoms with Crippen molar-refractivity contribution in [1.82, 2.24) is 5.32 Å². The van der Waals surface area contributed by atoms with Gasteiger partial charge >= 0.3 is 11.8 Å². The summed E-state index contributed by atoms with van der Waals surface area (Å²) in [6.07, 6.45) is 0. The summed E-state index contributed by atoms with van der Waals surface area (Å²) in [5.41, 5.74) is 1.39. The van der Waals surface area contributed by atoms with Gasteiger partial charge in [-0.15, -0.1) is 0 Å². The third-order valence-electron chi connectivity index (χ3n) is 1.98. The highest BCUT2D eigenvalue weighted by Gasteiger charge is 2.13. The van der Waals surface area contributed by atoms with Crippen LogP contribution in [0.25, 0.3) is 0 Å². The molecule has 0 unspecified atom stereocenters. The molecule has 0 aliphatic carbocycles. The van der Waals surface area contributed by atoms with E-state index < -0.39 is 11.8 Å². The molecule has 1 rings (SSSR count). The molecule has 16 heavy (non-hydrogen) atoms. The van der Waals surface area contributed by atoms with Gasteiger partial charge < -0.3 is 10.6 Å². The van der Waals surface area contributed by atoms with Crippen LogP contribution in [0, 0.1) is 6.92 Å². The maximum Gasteiger partial charge on any atom is 0.313 e. The first-order valence-corrected chi connectivity index (χ1v) is 5.27. The molecule has 1 aromatic carbocycles. The Kier molecular flexibility index (Phi) is 4.31. The van der Waals surface area contributed by atoms with Gasteiger partial charge in [-0.2, -0.15) is 0 Å². The van der Waals surface area contributed by atoms with Crippen molar-refractivity contribution in [1.29, 1.82) is 0 Å². The molecule has 0 aromatic heterocycles. The van der Waals surface area contributed by atoms with Crippen molar-refractivity contribution < 1.29 is 9.59 Å². The number of carbonyl (C=O) groups is 2. The molecule has 0 atom stereocenters. The summed E-state index contributed by atoms with van der Waals surface area (Å²) in [6.45, 7) is 3.98. The standard InChI is InChI=1S/C11H13ClN2O2/c1-3-13-10(15)11(16)14-9-5-4-8(12)6-7(9)2/h4-6H,3H2,1-2H3,(H,13,15)(H,14,16). The molecule has 0 heterocycles. The molecule has 1 aromatic rings. The van der Waals surface area contributed by atoms with Gasteiger partial charge in [0.1, 0.15) is 0 Å². The van der Waals surface area contributed by atoms with E-state index in [1.807, 2.05) is 0 Å². The molecule has 0 aliphatic rings. The molecule has 4 nitrogen and oxygen atoms in total. The third-order valence-corrected chi connectivity index (χ3v) is 2.22. The smallest absolute Gasteiger partial charge is 0.313 e. The van der Waals surface area contributed by atoms with Crippen LogP contribution in [0.2, 0.25) is 5.02 Å². The molecule has 86 valence electrons. The Hall–Kier alpha value is -1.55. The van der Waals surface area contributed by atoms with Crippen molar-refractivity contribution in [2.45, 2.75) is 13.8 Å². The maximum atomic E-state index is 11.4. The van der Waals surface area contributed by atoms with Crippen LogP contribution in [0.4, 0.5) is 5.69 Å². The molecule has 0 spiro atoms. The normalized spacial score (nSPS) is 9.69. The largest absolute Gasteiger partial charge is 0.348 e. The van der Waals surface area contributed by atoms with E-state index in [0.29, 0.717) is 17.3 Å². The molecular weight excluding hydrogens is 228 g/mol. The van der Waals surface area contributed by atoms with Crippen LogP contribution in [-0.2, 0) is 9.59 Å². The van der Waals surface area contributed by atoms with Crippen LogP contribution in [0.5, 0.6) is 0 Å². The van der Waals surface area contributed by atoms with Crippen LogP contribution < -0.4 is 10.6 Å². The number of amides is 2. The molecular formula is C11H13ClN2O2. The lowest BCUT2D eigenvalue weighted by molar-refractivity contribution is -0.136. The first kappa shape index (κ1) is 12.5. The summed E-state index contributed by atoms with van der Waals surface area (Å²) in [7, 11) is 0. The first-order chi connectivity index (χ1) is 7.54. The summed E-state index contributed by atoms with van der Waals surface area (Å²) < 4.78 is 0. The molecule has 0 fully saturated rings. The van der Waals surface area contributed by atoms with E-state index in [1.165, 1.54) is 0 Å². The Labute approximate surface area is 99.0 Å². The van der Waals surface area contributed by atoms with Crippen LogP contribution in [0.15, 0.2) is 18.2 Å². The van der Waals surface area contributed by atoms with E-state index in [9.17, 15) is 9.59 Å². The molecule has 5 heteroatoms. The van der Waals surface area contributed by atoms with Gasteiger partial charge in [-0.05, 0) is 37.6 Å². The van der Waals surface area contributed by atoms with Gasteiger partial charge in [-0.3, -0.25) is 9.59 Å². The van der Waals surface area contributed by atoms with Gasteiger partial charge in [-0.25, -0.2) is 0 Å². The predicted molar refractivity (Wildman–Crippen MR) is 63.5 cm³/mol. The zero-order valence-corrected chi connectivity index (χ0v) is 9.89. The van der Waals surface area contributed by atoms with E-state index in [-0.39, 0.29) is 0 Å². The Morgan fingerprint density at radius 1 is 1.31 bits per heavy atom. The Balaban J connectivity index is 2.73. The fourth-order valence-corrected chi connectivity index (χ4v) is 1.41. The summed E-state index contributed by atoms with van der Waals surface area (Å²) in [4.78, 5) is 22.6. The van der Waals surface area contributed by atoms with E-state index >= 15 is 0 Å². The Morgan fingerprint density at radius 2 is 2.00 bits per heavy atom. The van der Waals surface area contributed by atoms with E-state index in [0.717, 1.165) is 5.56 Å². The Morgan fingerprint density at radius 3 is 2.56 bits per heavy atom. The fraction of sp³-hybridized carbons (Fsp3) is 0.273. The second-order valence-corrected chi connectivity index (χ2v) is 3.71. The highest BCUT2D eigenvalue weighted by Crippen LogP contribution is 2.19. The highest BCUT2D eigenvalue weighted by atomic mass is 35.5. The second kappa shape index (κ2) is 5.51. The number of aryl methyl sites for hydroxylation is 1. The molecule has 0 radical (unpaired) electrons. The molecule has 0 aliphatic heterocycles. The number of hydrogen-bond donors (Lipinski definition) is 2. The van der Waals surface area contributed by atoms with Crippen molar-refractivity contribution in [3.8, 4) is 0 Å². The quantitative estimate of drug-likeness (QED) is 0.774. The number of nitrogens with one attached hydrogen (secondary N) is 2. The van der Waals surface area contributed by atoms with Crippen LogP contribution in [-0.4, -0.2) is 18.4 Å². The molecule has 0 saturated heterocycles. The minimum atomic E-state index is -0.674. The second-order valence-electron chi connectivity index (χ2n) is 3.27. The molecule has 0 bridgehead atoms. The minimum Gasteiger partial charge on any atom is -0.348 e. The summed E-state index contributed by atoms with van der Waals surface area (Å²) in [6, 6.07) is 5.03. The summed E-state index contributed by atoms with van der Waals surface area (Å²) >= 11 is 5.77. The van der Waals surface area contributed by atoms with Gasteiger partial charge in [0.05, 0.1) is 0 Å². The number of carbonyl (C=O) groups excluding carboxylic acids is 2. The van der Waals surface area contributed by atoms with Crippen LogP contribution >= 0.6 is 11.6 Å². The van der Waals surface area contributed by atoms with Gasteiger partial charge in [-0.1, -0.05) is 11.6 Å². The number of anilines is 1. The first-order valence-electron chi connectivity index (χ1n) is 4.90. The van der Waals surface area contributed by atoms with Crippen molar-refractivity contribution in [2.24, 2.45) is 0 Å². The van der Waals surface area contributed by atoms with Crippen molar-refractivity contribution in [2.75, 3.05) is 11.9 Å². The van der Waals surface area contributed by atoms with Gasteiger partial charge in [0.15, 0.2) is 0 Å². The number of likely N-dealkylation sites (N-methyl/N-ethyl adjacent to an activating group) is 1. The number of benzene rings is 1. The number of rotatable bonds is 2. The number of halogens is 1. The highest BCUT2D eigenvalue weighted by molar-refractivity contribution is 6.39. The van der Waals surface area contributed by atoms with Gasteiger partial charge in [0.25, 0.3) is 0 Å². The number of hydrogen-bond acceptors (Lipinski definition) is 2. The SMILES string of the molecule is CCNC(=O)C(=O)Nc1ccc(Cl)cc1C. The lowest BCUT2D eigenvalue weighted by Gasteiger charge is -2.08. The zero-order valence-electron chi connectivity index (χ0n) is 9.13. The van der Waals surface area contributed by atoms with E-state index in [1.54, 1.807) is 32.0 Å². The van der Waals surface area contributed by atoms with Crippen LogP contribution in [0.1, 0.15) is 12.5 Å². The van der Waals surface area contributed by atoms with Crippen LogP contribution in [0.3, 0.4) is 0 Å². The predicted octanol–water partition coefficient (Wildman–Crippen LogP) is 1.72. The molecule has 0 saturated carbocycles. The third kappa shape index (κ3) is 3.24. The summed E-state index contributed by atoms with van der Waals surface area (Å²) in [5, 5.41) is 5.52. The topological polar surface area (TPSA) is 58.2 Å². The summed E-state index contributed by atoms with van der Waals surface area (Å²) in [5.74, 6) is -1.32. The molecule has 2 N–H and O–H groups in total. The van der Waals surface area contributed by atoms with Gasteiger partial charge in [0.2, 0.25) is 0 Å². The van der Waals surface area contributed by atoms with E-state index in [4.69, 9.17) is 11.6 Å². The lowest BCUT2D eigenvalue weighted by Crippen LogP contribution is -2.35. The minimum absolute atomic E-state index is 0.422. The average Bonchev–Trinajstić information content (AvgIpc) is 2.22. The van der Waals surface area contributed by atoms with Crippen molar-refractivity contribution >= 4 is 29.1 Å². The average molecular weight is 241 g/mol. The van der Waals surface area contributed by atoms with Gasteiger partial charge in [0, 0.05) is 17.3 Å². The zero-order chi connectivity index (χ0) is 12.1. The molecule has 2 amide bonds. The van der Waals surface area contributed by atoms with Crippen molar-refractivity contribution in [3.05, 3.63) is 28.8 Å². The van der Waals surface area contributed by atoms with Crippen molar-refractivity contribution in [3.63, 3.8) is 0 Å². The monoisotopic (exact) mass is 240 g/mol. The fourth-order valence-electron chi connectivity index (χ4n) is 1.19.